The number of benzene rings is 1. The fraction of sp³-hybridized carbons (Fsp3) is 0.353. The third-order valence-corrected chi connectivity index (χ3v) is 3.58. The summed E-state index contributed by atoms with van der Waals surface area (Å²) in [4.78, 5) is 4.28. The molecule has 0 spiro atoms. The van der Waals surface area contributed by atoms with E-state index in [9.17, 15) is 5.11 Å². The van der Waals surface area contributed by atoms with Gasteiger partial charge in [-0.3, -0.25) is 4.98 Å². The summed E-state index contributed by atoms with van der Waals surface area (Å²) in [6, 6.07) is 11.2. The smallest absolute Gasteiger partial charge is 0.231 e. The zero-order valence-electron chi connectivity index (χ0n) is 12.9. The molecule has 1 aliphatic heterocycles. The molecule has 2 unspecified atom stereocenters. The number of nitrogens with one attached hydrogen (secondary N) is 1. The number of nitrogens with zero attached hydrogens (tertiary/aromatic N) is 1. The van der Waals surface area contributed by atoms with Gasteiger partial charge < -0.3 is 24.6 Å². The van der Waals surface area contributed by atoms with Gasteiger partial charge in [-0.25, -0.2) is 0 Å². The number of hydrogen-bond acceptors (Lipinski definition) is 6. The fourth-order valence-electron chi connectivity index (χ4n) is 2.27. The van der Waals surface area contributed by atoms with Crippen LogP contribution < -0.4 is 19.5 Å². The van der Waals surface area contributed by atoms with Crippen LogP contribution in [0.15, 0.2) is 42.6 Å². The van der Waals surface area contributed by atoms with Crippen molar-refractivity contribution in [2.45, 2.75) is 19.1 Å². The van der Waals surface area contributed by atoms with Crippen LogP contribution in [0.3, 0.4) is 0 Å². The number of aliphatic hydroxyl groups excluding tert-OH is 1. The van der Waals surface area contributed by atoms with Gasteiger partial charge in [0.2, 0.25) is 6.79 Å². The van der Waals surface area contributed by atoms with Gasteiger partial charge in [-0.05, 0) is 31.2 Å². The summed E-state index contributed by atoms with van der Waals surface area (Å²) in [6.07, 6.45) is 1.14. The lowest BCUT2D eigenvalue weighted by molar-refractivity contribution is 0.104. The maximum atomic E-state index is 10.0. The molecule has 1 aromatic heterocycles. The maximum Gasteiger partial charge on any atom is 0.231 e. The van der Waals surface area contributed by atoms with Crippen LogP contribution in [0, 0.1) is 0 Å². The van der Waals surface area contributed by atoms with Crippen molar-refractivity contribution in [1.82, 2.24) is 10.3 Å². The molecule has 0 saturated carbocycles. The topological polar surface area (TPSA) is 72.8 Å². The van der Waals surface area contributed by atoms with Gasteiger partial charge in [0.1, 0.15) is 18.5 Å². The summed E-state index contributed by atoms with van der Waals surface area (Å²) in [5.41, 5.74) is 0.941. The molecule has 0 aliphatic carbocycles. The van der Waals surface area contributed by atoms with E-state index in [1.807, 2.05) is 25.1 Å². The van der Waals surface area contributed by atoms with Crippen LogP contribution in [0.4, 0.5) is 0 Å². The van der Waals surface area contributed by atoms with Crippen molar-refractivity contribution >= 4 is 0 Å². The first-order valence-corrected chi connectivity index (χ1v) is 7.57. The molecular formula is C17H20N2O4. The molecule has 122 valence electrons. The van der Waals surface area contributed by atoms with E-state index >= 15 is 0 Å². The van der Waals surface area contributed by atoms with Gasteiger partial charge in [0.15, 0.2) is 11.5 Å². The number of pyridine rings is 1. The van der Waals surface area contributed by atoms with Crippen LogP contribution in [0.5, 0.6) is 17.2 Å². The van der Waals surface area contributed by atoms with E-state index in [-0.39, 0.29) is 19.4 Å². The number of aliphatic hydroxyl groups is 1. The molecule has 2 N–H and O–H groups in total. The van der Waals surface area contributed by atoms with Gasteiger partial charge in [-0.2, -0.15) is 0 Å². The summed E-state index contributed by atoms with van der Waals surface area (Å²) in [5.74, 6) is 2.02. The SMILES string of the molecule is CC(NCC(O)COc1ccc2c(c1)OCO2)c1ccccn1. The average Bonchev–Trinajstić information content (AvgIpc) is 3.06. The number of hydrogen-bond donors (Lipinski definition) is 2. The Morgan fingerprint density at radius 3 is 2.96 bits per heavy atom. The second-order valence-corrected chi connectivity index (χ2v) is 5.36. The predicted molar refractivity (Wildman–Crippen MR) is 84.7 cm³/mol. The number of fused-ring (bicyclic) bond motifs is 1. The van der Waals surface area contributed by atoms with Crippen LogP contribution in [-0.4, -0.2) is 36.1 Å². The Hall–Kier alpha value is -2.31. The molecular weight excluding hydrogens is 296 g/mol. The van der Waals surface area contributed by atoms with Crippen LogP contribution in [-0.2, 0) is 0 Å². The summed E-state index contributed by atoms with van der Waals surface area (Å²) in [7, 11) is 0. The van der Waals surface area contributed by atoms with Gasteiger partial charge in [0.25, 0.3) is 0 Å². The molecule has 0 radical (unpaired) electrons. The lowest BCUT2D eigenvalue weighted by Gasteiger charge is -2.17. The van der Waals surface area contributed by atoms with Crippen molar-refractivity contribution < 1.29 is 19.3 Å². The summed E-state index contributed by atoms with van der Waals surface area (Å²) in [6.45, 7) is 2.86. The summed E-state index contributed by atoms with van der Waals surface area (Å²) in [5, 5.41) is 13.3. The first kappa shape index (κ1) is 15.6. The van der Waals surface area contributed by atoms with Gasteiger partial charge in [-0.1, -0.05) is 6.07 Å². The van der Waals surface area contributed by atoms with Crippen molar-refractivity contribution in [3.63, 3.8) is 0 Å². The summed E-state index contributed by atoms with van der Waals surface area (Å²) >= 11 is 0. The highest BCUT2D eigenvalue weighted by atomic mass is 16.7. The van der Waals surface area contributed by atoms with Crippen LogP contribution in [0.25, 0.3) is 0 Å². The third-order valence-electron chi connectivity index (χ3n) is 3.58. The molecule has 0 bridgehead atoms. The Labute approximate surface area is 135 Å². The Kier molecular flexibility index (Phi) is 4.95. The van der Waals surface area contributed by atoms with E-state index in [1.54, 1.807) is 24.4 Å². The lowest BCUT2D eigenvalue weighted by atomic mass is 10.2. The number of rotatable bonds is 7. The minimum atomic E-state index is -0.619. The van der Waals surface area contributed by atoms with E-state index in [0.29, 0.717) is 23.8 Å². The summed E-state index contributed by atoms with van der Waals surface area (Å²) < 4.78 is 16.1. The van der Waals surface area contributed by atoms with E-state index in [4.69, 9.17) is 14.2 Å². The van der Waals surface area contributed by atoms with Crippen molar-refractivity contribution in [3.8, 4) is 17.2 Å². The van der Waals surface area contributed by atoms with Gasteiger partial charge in [0, 0.05) is 24.8 Å². The van der Waals surface area contributed by atoms with Gasteiger partial charge >= 0.3 is 0 Å². The average molecular weight is 316 g/mol. The first-order chi connectivity index (χ1) is 11.2. The Bertz CT molecular complexity index is 636. The largest absolute Gasteiger partial charge is 0.491 e. The highest BCUT2D eigenvalue weighted by Crippen LogP contribution is 2.35. The highest BCUT2D eigenvalue weighted by Gasteiger charge is 2.15. The van der Waals surface area contributed by atoms with Gasteiger partial charge in [-0.15, -0.1) is 0 Å². The molecule has 0 amide bonds. The molecule has 23 heavy (non-hydrogen) atoms. The van der Waals surface area contributed by atoms with Crippen molar-refractivity contribution in [2.75, 3.05) is 19.9 Å². The first-order valence-electron chi connectivity index (χ1n) is 7.57. The highest BCUT2D eigenvalue weighted by molar-refractivity contribution is 5.46. The van der Waals surface area contributed by atoms with E-state index in [0.717, 1.165) is 5.69 Å². The number of ether oxygens (including phenoxy) is 3. The van der Waals surface area contributed by atoms with E-state index < -0.39 is 6.10 Å². The fourth-order valence-corrected chi connectivity index (χ4v) is 2.27. The Morgan fingerprint density at radius 1 is 1.26 bits per heavy atom. The molecule has 6 nitrogen and oxygen atoms in total. The van der Waals surface area contributed by atoms with Gasteiger partial charge in [0.05, 0.1) is 5.69 Å². The normalized spacial score (nSPS) is 15.2. The molecule has 1 aliphatic rings. The Balaban J connectivity index is 1.44. The van der Waals surface area contributed by atoms with Crippen molar-refractivity contribution in [2.24, 2.45) is 0 Å². The molecule has 3 rings (SSSR count). The molecule has 0 saturated heterocycles. The van der Waals surface area contributed by atoms with Crippen molar-refractivity contribution in [1.29, 1.82) is 0 Å². The molecule has 2 aromatic rings. The monoisotopic (exact) mass is 316 g/mol. The molecule has 6 heteroatoms. The van der Waals surface area contributed by atoms with Crippen LogP contribution in [0.1, 0.15) is 18.7 Å². The quantitative estimate of drug-likeness (QED) is 0.813. The third kappa shape index (κ3) is 4.12. The second-order valence-electron chi connectivity index (χ2n) is 5.36. The zero-order valence-corrected chi connectivity index (χ0v) is 12.9. The van der Waals surface area contributed by atoms with Crippen LogP contribution in [0.2, 0.25) is 0 Å². The zero-order chi connectivity index (χ0) is 16.1. The maximum absolute atomic E-state index is 10.0. The second kappa shape index (κ2) is 7.30. The molecule has 1 aromatic carbocycles. The molecule has 2 atom stereocenters. The minimum absolute atomic E-state index is 0.0661. The minimum Gasteiger partial charge on any atom is -0.491 e. The van der Waals surface area contributed by atoms with Crippen molar-refractivity contribution in [3.05, 3.63) is 48.3 Å². The standard InChI is InChI=1S/C17H20N2O4/c1-12(15-4-2-3-7-18-15)19-9-13(20)10-21-14-5-6-16-17(8-14)23-11-22-16/h2-8,12-13,19-20H,9-11H2,1H3. The van der Waals surface area contributed by atoms with E-state index in [2.05, 4.69) is 10.3 Å². The predicted octanol–water partition coefficient (Wildman–Crippen LogP) is 1.90. The Morgan fingerprint density at radius 2 is 2.13 bits per heavy atom. The van der Waals surface area contributed by atoms with E-state index in [1.165, 1.54) is 0 Å². The van der Waals surface area contributed by atoms with Crippen LogP contribution >= 0.6 is 0 Å². The lowest BCUT2D eigenvalue weighted by Crippen LogP contribution is -2.33. The number of aromatic nitrogens is 1. The molecule has 0 fully saturated rings. The molecule has 2 heterocycles.